The van der Waals surface area contributed by atoms with Gasteiger partial charge in [-0.3, -0.25) is 4.98 Å². The fraction of sp³-hybridized carbons (Fsp3) is 0.304. The lowest BCUT2D eigenvalue weighted by Gasteiger charge is -2.11. The van der Waals surface area contributed by atoms with Gasteiger partial charge in [0.1, 0.15) is 11.6 Å². The van der Waals surface area contributed by atoms with Crippen LogP contribution in [0.4, 0.5) is 0 Å². The van der Waals surface area contributed by atoms with Gasteiger partial charge in [0.15, 0.2) is 0 Å². The van der Waals surface area contributed by atoms with Gasteiger partial charge in [0.2, 0.25) is 11.7 Å². The predicted molar refractivity (Wildman–Crippen MR) is 117 cm³/mol. The van der Waals surface area contributed by atoms with Gasteiger partial charge in [-0.1, -0.05) is 24.3 Å². The molecule has 1 unspecified atom stereocenters. The Balaban J connectivity index is 1.29. The van der Waals surface area contributed by atoms with Gasteiger partial charge < -0.3 is 9.47 Å². The molecule has 0 aliphatic heterocycles. The largest absolute Gasteiger partial charge is 0.495 e. The van der Waals surface area contributed by atoms with E-state index < -0.39 is 0 Å². The van der Waals surface area contributed by atoms with Crippen LogP contribution in [-0.2, 0) is 7.05 Å². The van der Waals surface area contributed by atoms with E-state index >= 15 is 0 Å². The molecule has 9 nitrogen and oxygen atoms in total. The van der Waals surface area contributed by atoms with Crippen molar-refractivity contribution < 1.29 is 9.47 Å². The van der Waals surface area contributed by atoms with Crippen LogP contribution in [0.1, 0.15) is 23.9 Å². The van der Waals surface area contributed by atoms with Crippen LogP contribution in [0.3, 0.4) is 0 Å². The number of pyridine rings is 1. The quantitative estimate of drug-likeness (QED) is 0.441. The molecule has 4 aromatic rings. The van der Waals surface area contributed by atoms with Crippen LogP contribution < -0.4 is 9.47 Å². The number of ether oxygens (including phenoxy) is 2. The van der Waals surface area contributed by atoms with Gasteiger partial charge in [-0.25, -0.2) is 4.98 Å². The van der Waals surface area contributed by atoms with Crippen LogP contribution in [0.15, 0.2) is 48.8 Å². The lowest BCUT2D eigenvalue weighted by atomic mass is 10.1. The number of hydrogen-bond donors (Lipinski definition) is 0. The zero-order valence-electron chi connectivity index (χ0n) is 18.1. The Morgan fingerprint density at radius 2 is 1.84 bits per heavy atom. The fourth-order valence-electron chi connectivity index (χ4n) is 3.67. The summed E-state index contributed by atoms with van der Waals surface area (Å²) in [6, 6.07) is 11.9. The summed E-state index contributed by atoms with van der Waals surface area (Å²) in [4.78, 5) is 14.9. The molecule has 0 radical (unpaired) electrons. The number of tetrazole rings is 1. The maximum atomic E-state index is 6.17. The molecule has 1 aromatic carbocycles. The van der Waals surface area contributed by atoms with E-state index in [2.05, 4.69) is 30.4 Å². The van der Waals surface area contributed by atoms with Crippen molar-refractivity contribution in [2.45, 2.75) is 19.3 Å². The molecule has 1 aliphatic rings. The Bertz CT molecular complexity index is 1220. The average Bonchev–Trinajstić information content (AvgIpc) is 3.48. The number of aromatic nitrogens is 7. The van der Waals surface area contributed by atoms with Crippen molar-refractivity contribution >= 4 is 0 Å². The zero-order chi connectivity index (χ0) is 22.1. The molecule has 0 amide bonds. The van der Waals surface area contributed by atoms with Crippen molar-refractivity contribution in [1.29, 1.82) is 0 Å². The Kier molecular flexibility index (Phi) is 5.22. The molecular weight excluding hydrogens is 406 g/mol. The van der Waals surface area contributed by atoms with Gasteiger partial charge in [0.25, 0.3) is 0 Å². The van der Waals surface area contributed by atoms with Crippen molar-refractivity contribution in [3.8, 4) is 34.1 Å². The first-order valence-corrected chi connectivity index (χ1v) is 10.4. The summed E-state index contributed by atoms with van der Waals surface area (Å²) in [5.41, 5.74) is 3.79. The van der Waals surface area contributed by atoms with E-state index in [4.69, 9.17) is 9.47 Å². The summed E-state index contributed by atoms with van der Waals surface area (Å²) in [5.74, 6) is 3.45. The molecule has 9 heteroatoms. The second-order valence-electron chi connectivity index (χ2n) is 7.85. The summed E-state index contributed by atoms with van der Waals surface area (Å²) >= 11 is 0. The van der Waals surface area contributed by atoms with Gasteiger partial charge >= 0.3 is 0 Å². The van der Waals surface area contributed by atoms with Crippen LogP contribution in [0.5, 0.6) is 11.6 Å². The number of rotatable bonds is 7. The molecule has 1 fully saturated rings. The van der Waals surface area contributed by atoms with Crippen LogP contribution >= 0.6 is 0 Å². The van der Waals surface area contributed by atoms with Crippen molar-refractivity contribution in [2.75, 3.05) is 13.7 Å². The highest BCUT2D eigenvalue weighted by molar-refractivity contribution is 5.70. The molecule has 5 rings (SSSR count). The third-order valence-corrected chi connectivity index (χ3v) is 5.57. The second kappa shape index (κ2) is 8.33. The molecule has 32 heavy (non-hydrogen) atoms. The van der Waals surface area contributed by atoms with Gasteiger partial charge in [0, 0.05) is 29.3 Å². The van der Waals surface area contributed by atoms with E-state index in [1.807, 2.05) is 49.5 Å². The first-order chi connectivity index (χ1) is 15.6. The lowest BCUT2D eigenvalue weighted by molar-refractivity contribution is 0.285. The van der Waals surface area contributed by atoms with Gasteiger partial charge in [0.05, 0.1) is 32.5 Å². The van der Waals surface area contributed by atoms with E-state index in [-0.39, 0.29) is 0 Å². The molecule has 1 saturated carbocycles. The first-order valence-electron chi connectivity index (χ1n) is 10.4. The molecule has 3 aromatic heterocycles. The van der Waals surface area contributed by atoms with Gasteiger partial charge in [-0.15, -0.1) is 10.2 Å². The molecule has 0 spiro atoms. The standard InChI is InChI=1S/C23H23N7O2/c1-14-24-12-20(15-4-6-16(7-5-15)22-27-29-30(2)28-22)23(26-14)32-13-17-10-19(17)21-9-8-18(31-3)11-25-21/h4-9,11-12,17,19H,10,13H2,1-3H3/t17?,19-/m1/s1. The zero-order valence-corrected chi connectivity index (χ0v) is 18.1. The van der Waals surface area contributed by atoms with E-state index in [0.717, 1.165) is 34.6 Å². The first kappa shape index (κ1) is 20.0. The summed E-state index contributed by atoms with van der Waals surface area (Å²) in [6.07, 6.45) is 4.62. The number of benzene rings is 1. The molecule has 2 atom stereocenters. The number of nitrogens with zero attached hydrogens (tertiary/aromatic N) is 7. The molecule has 3 heterocycles. The summed E-state index contributed by atoms with van der Waals surface area (Å²) in [7, 11) is 3.39. The second-order valence-corrected chi connectivity index (χ2v) is 7.85. The highest BCUT2D eigenvalue weighted by atomic mass is 16.5. The fourth-order valence-corrected chi connectivity index (χ4v) is 3.67. The third kappa shape index (κ3) is 4.14. The SMILES string of the molecule is COc1ccc([C@@H]2CC2COc2nc(C)ncc2-c2ccc(-c3nnn(C)n3)cc2)nc1. The topological polar surface area (TPSA) is 101 Å². The molecule has 1 aliphatic carbocycles. The number of aryl methyl sites for hydroxylation is 2. The van der Waals surface area contributed by atoms with Crippen molar-refractivity contribution in [3.63, 3.8) is 0 Å². The smallest absolute Gasteiger partial charge is 0.224 e. The number of methoxy groups -OCH3 is 1. The minimum absolute atomic E-state index is 0.408. The Labute approximate surface area is 185 Å². The van der Waals surface area contributed by atoms with E-state index in [1.165, 1.54) is 4.80 Å². The monoisotopic (exact) mass is 429 g/mol. The maximum Gasteiger partial charge on any atom is 0.224 e. The summed E-state index contributed by atoms with van der Waals surface area (Å²) in [6.45, 7) is 2.45. The average molecular weight is 429 g/mol. The minimum atomic E-state index is 0.408. The molecule has 162 valence electrons. The van der Waals surface area contributed by atoms with Crippen LogP contribution in [-0.4, -0.2) is 48.9 Å². The predicted octanol–water partition coefficient (Wildman–Crippen LogP) is 3.23. The van der Waals surface area contributed by atoms with Crippen molar-refractivity contribution in [2.24, 2.45) is 13.0 Å². The lowest BCUT2D eigenvalue weighted by Crippen LogP contribution is -2.05. The van der Waals surface area contributed by atoms with E-state index in [0.29, 0.717) is 36.0 Å². The van der Waals surface area contributed by atoms with Gasteiger partial charge in [-0.05, 0) is 36.3 Å². The van der Waals surface area contributed by atoms with Gasteiger partial charge in [-0.2, -0.15) is 9.78 Å². The molecular formula is C23H23N7O2. The highest BCUT2D eigenvalue weighted by Gasteiger charge is 2.40. The Hall–Kier alpha value is -3.88. The molecule has 0 bridgehead atoms. The molecule has 0 saturated heterocycles. The summed E-state index contributed by atoms with van der Waals surface area (Å²) < 4.78 is 11.4. The third-order valence-electron chi connectivity index (χ3n) is 5.57. The summed E-state index contributed by atoms with van der Waals surface area (Å²) in [5, 5.41) is 12.2. The normalized spacial score (nSPS) is 17.2. The van der Waals surface area contributed by atoms with Crippen LogP contribution in [0.2, 0.25) is 0 Å². The number of hydrogen-bond acceptors (Lipinski definition) is 8. The minimum Gasteiger partial charge on any atom is -0.495 e. The van der Waals surface area contributed by atoms with Crippen LogP contribution in [0, 0.1) is 12.8 Å². The maximum absolute atomic E-state index is 6.17. The molecule has 0 N–H and O–H groups in total. The van der Waals surface area contributed by atoms with Crippen molar-refractivity contribution in [3.05, 3.63) is 60.3 Å². The van der Waals surface area contributed by atoms with Crippen molar-refractivity contribution in [1.82, 2.24) is 35.2 Å². The van der Waals surface area contributed by atoms with E-state index in [9.17, 15) is 0 Å². The van der Waals surface area contributed by atoms with E-state index in [1.54, 1.807) is 20.4 Å². The van der Waals surface area contributed by atoms with Crippen LogP contribution in [0.25, 0.3) is 22.5 Å². The Morgan fingerprint density at radius 3 is 2.53 bits per heavy atom. The highest BCUT2D eigenvalue weighted by Crippen LogP contribution is 2.47. The Morgan fingerprint density at radius 1 is 1.03 bits per heavy atom.